The molecule has 0 bridgehead atoms. The van der Waals surface area contributed by atoms with Crippen molar-refractivity contribution in [2.75, 3.05) is 20.4 Å². The van der Waals surface area contributed by atoms with Gasteiger partial charge >= 0.3 is 0 Å². The van der Waals surface area contributed by atoms with Crippen LogP contribution in [0.1, 0.15) is 16.8 Å². The van der Waals surface area contributed by atoms with Gasteiger partial charge in [-0.2, -0.15) is 0 Å². The largest absolute Gasteiger partial charge is 0.467 e. The van der Waals surface area contributed by atoms with Crippen LogP contribution >= 0.6 is 24.0 Å². The SMILES string of the molecule is CN=C(NCCc1ccccn1)NCc1cc(F)cc2c1OCOC2.I. The van der Waals surface area contributed by atoms with Crippen LogP contribution in [0.25, 0.3) is 0 Å². The fraction of sp³-hybridized carbons (Fsp3) is 0.333. The molecule has 140 valence electrons. The maximum absolute atomic E-state index is 13.8. The number of aromatic nitrogens is 1. The van der Waals surface area contributed by atoms with Gasteiger partial charge in [-0.25, -0.2) is 4.39 Å². The van der Waals surface area contributed by atoms with E-state index in [-0.39, 0.29) is 36.6 Å². The molecule has 26 heavy (non-hydrogen) atoms. The molecule has 2 aromatic rings. The van der Waals surface area contributed by atoms with Crippen molar-refractivity contribution in [2.24, 2.45) is 4.99 Å². The third-order valence-electron chi connectivity index (χ3n) is 3.82. The Hall–Kier alpha value is -1.94. The lowest BCUT2D eigenvalue weighted by atomic mass is 10.1. The first kappa shape index (κ1) is 20.4. The summed E-state index contributed by atoms with van der Waals surface area (Å²) in [7, 11) is 1.70. The van der Waals surface area contributed by atoms with Crippen molar-refractivity contribution in [1.82, 2.24) is 15.6 Å². The summed E-state index contributed by atoms with van der Waals surface area (Å²) >= 11 is 0. The number of halogens is 2. The monoisotopic (exact) mass is 472 g/mol. The fourth-order valence-electron chi connectivity index (χ4n) is 2.64. The number of nitrogens with one attached hydrogen (secondary N) is 2. The molecule has 0 saturated heterocycles. The van der Waals surface area contributed by atoms with Crippen molar-refractivity contribution in [2.45, 2.75) is 19.6 Å². The molecule has 8 heteroatoms. The minimum Gasteiger partial charge on any atom is -0.467 e. The Morgan fingerprint density at radius 1 is 1.31 bits per heavy atom. The smallest absolute Gasteiger partial charge is 0.191 e. The van der Waals surface area contributed by atoms with E-state index >= 15 is 0 Å². The molecule has 1 aliphatic rings. The molecule has 0 spiro atoms. The molecule has 1 aliphatic heterocycles. The summed E-state index contributed by atoms with van der Waals surface area (Å²) in [5.41, 5.74) is 2.48. The number of nitrogens with zero attached hydrogens (tertiary/aromatic N) is 2. The highest BCUT2D eigenvalue weighted by Crippen LogP contribution is 2.29. The van der Waals surface area contributed by atoms with Gasteiger partial charge in [-0.1, -0.05) is 6.07 Å². The Morgan fingerprint density at radius 3 is 2.96 bits per heavy atom. The number of aliphatic imine (C=N–C) groups is 1. The second-order valence-electron chi connectivity index (χ2n) is 5.59. The molecular formula is C18H22FIN4O2. The zero-order valence-electron chi connectivity index (χ0n) is 14.5. The van der Waals surface area contributed by atoms with E-state index in [1.165, 1.54) is 12.1 Å². The Labute approximate surface area is 169 Å². The van der Waals surface area contributed by atoms with Gasteiger partial charge in [0.25, 0.3) is 0 Å². The van der Waals surface area contributed by atoms with Gasteiger partial charge in [0.05, 0.1) is 6.61 Å². The van der Waals surface area contributed by atoms with Crippen LogP contribution in [-0.4, -0.2) is 31.3 Å². The zero-order valence-corrected chi connectivity index (χ0v) is 16.8. The van der Waals surface area contributed by atoms with E-state index in [2.05, 4.69) is 20.6 Å². The van der Waals surface area contributed by atoms with Gasteiger partial charge in [0, 0.05) is 49.6 Å². The average Bonchev–Trinajstić information content (AvgIpc) is 2.65. The normalized spacial score (nSPS) is 13.2. The summed E-state index contributed by atoms with van der Waals surface area (Å²) < 4.78 is 24.5. The van der Waals surface area contributed by atoms with Crippen LogP contribution in [-0.2, 0) is 24.3 Å². The van der Waals surface area contributed by atoms with Gasteiger partial charge in [0.2, 0.25) is 0 Å². The number of rotatable bonds is 5. The standard InChI is InChI=1S/C18H21FN4O2.HI/c1-20-18(22-7-5-16-4-2-3-6-21-16)23-10-13-8-15(19)9-14-11-24-12-25-17(13)14;/h2-4,6,8-9H,5,7,10-12H2,1H3,(H2,20,22,23);1H. The second kappa shape index (κ2) is 10.3. The first-order valence-electron chi connectivity index (χ1n) is 8.12. The number of fused-ring (bicyclic) bond motifs is 1. The summed E-state index contributed by atoms with van der Waals surface area (Å²) in [5, 5.41) is 6.40. The molecule has 0 atom stereocenters. The van der Waals surface area contributed by atoms with Crippen molar-refractivity contribution in [1.29, 1.82) is 0 Å². The molecule has 2 heterocycles. The number of benzene rings is 1. The molecule has 6 nitrogen and oxygen atoms in total. The first-order valence-corrected chi connectivity index (χ1v) is 8.12. The van der Waals surface area contributed by atoms with Crippen molar-refractivity contribution in [3.8, 4) is 5.75 Å². The maximum atomic E-state index is 13.8. The lowest BCUT2D eigenvalue weighted by molar-refractivity contribution is -0.0172. The van der Waals surface area contributed by atoms with E-state index in [1.54, 1.807) is 13.2 Å². The molecule has 0 fully saturated rings. The number of hydrogen-bond acceptors (Lipinski definition) is 4. The molecule has 1 aromatic carbocycles. The van der Waals surface area contributed by atoms with Crippen LogP contribution in [0.5, 0.6) is 5.75 Å². The van der Waals surface area contributed by atoms with E-state index < -0.39 is 0 Å². The van der Waals surface area contributed by atoms with Crippen LogP contribution in [0, 0.1) is 5.82 Å². The molecule has 0 radical (unpaired) electrons. The third-order valence-corrected chi connectivity index (χ3v) is 3.82. The minimum atomic E-state index is -0.303. The van der Waals surface area contributed by atoms with Gasteiger partial charge in [0.1, 0.15) is 11.6 Å². The highest BCUT2D eigenvalue weighted by molar-refractivity contribution is 14.0. The van der Waals surface area contributed by atoms with Crippen molar-refractivity contribution in [3.05, 3.63) is 59.2 Å². The molecule has 0 unspecified atom stereocenters. The Balaban J connectivity index is 0.00000243. The van der Waals surface area contributed by atoms with Crippen molar-refractivity contribution in [3.63, 3.8) is 0 Å². The second-order valence-corrected chi connectivity index (χ2v) is 5.59. The van der Waals surface area contributed by atoms with Gasteiger partial charge < -0.3 is 20.1 Å². The van der Waals surface area contributed by atoms with Gasteiger partial charge in [-0.05, 0) is 24.3 Å². The highest BCUT2D eigenvalue weighted by atomic mass is 127. The van der Waals surface area contributed by atoms with Crippen molar-refractivity contribution < 1.29 is 13.9 Å². The predicted octanol–water partition coefficient (Wildman–Crippen LogP) is 2.61. The lowest BCUT2D eigenvalue weighted by Gasteiger charge is -2.21. The minimum absolute atomic E-state index is 0. The van der Waals surface area contributed by atoms with Crippen LogP contribution in [0.15, 0.2) is 41.5 Å². The molecule has 0 amide bonds. The Morgan fingerprint density at radius 2 is 2.19 bits per heavy atom. The molecule has 3 rings (SSSR count). The van der Waals surface area contributed by atoms with Gasteiger partial charge in [-0.3, -0.25) is 9.98 Å². The van der Waals surface area contributed by atoms with Crippen LogP contribution in [0.2, 0.25) is 0 Å². The number of hydrogen-bond donors (Lipinski definition) is 2. The molecule has 1 aromatic heterocycles. The summed E-state index contributed by atoms with van der Waals surface area (Å²) in [6, 6.07) is 8.75. The highest BCUT2D eigenvalue weighted by Gasteiger charge is 2.17. The number of guanidine groups is 1. The maximum Gasteiger partial charge on any atom is 0.191 e. The van der Waals surface area contributed by atoms with Crippen LogP contribution < -0.4 is 15.4 Å². The summed E-state index contributed by atoms with van der Waals surface area (Å²) in [5.74, 6) is 1.02. The van der Waals surface area contributed by atoms with E-state index in [4.69, 9.17) is 9.47 Å². The Kier molecular flexibility index (Phi) is 8.05. The zero-order chi connectivity index (χ0) is 17.5. The fourth-order valence-corrected chi connectivity index (χ4v) is 2.64. The van der Waals surface area contributed by atoms with Gasteiger partial charge in [-0.15, -0.1) is 24.0 Å². The summed E-state index contributed by atoms with van der Waals surface area (Å²) in [4.78, 5) is 8.47. The number of ether oxygens (including phenoxy) is 2. The molecule has 2 N–H and O–H groups in total. The molecule has 0 aliphatic carbocycles. The van der Waals surface area contributed by atoms with E-state index in [9.17, 15) is 4.39 Å². The van der Waals surface area contributed by atoms with Gasteiger partial charge in [0.15, 0.2) is 12.8 Å². The first-order chi connectivity index (χ1) is 12.3. The average molecular weight is 472 g/mol. The summed E-state index contributed by atoms with van der Waals surface area (Å²) in [6.45, 7) is 1.64. The lowest BCUT2D eigenvalue weighted by Crippen LogP contribution is -2.38. The summed E-state index contributed by atoms with van der Waals surface area (Å²) in [6.07, 6.45) is 2.57. The van der Waals surface area contributed by atoms with Crippen LogP contribution in [0.4, 0.5) is 4.39 Å². The van der Waals surface area contributed by atoms with Crippen LogP contribution in [0.3, 0.4) is 0 Å². The molecular weight excluding hydrogens is 450 g/mol. The Bertz CT molecular complexity index is 743. The quantitative estimate of drug-likeness (QED) is 0.398. The predicted molar refractivity (Wildman–Crippen MR) is 108 cm³/mol. The third kappa shape index (κ3) is 5.53. The topological polar surface area (TPSA) is 67.8 Å². The van der Waals surface area contributed by atoms with Crippen molar-refractivity contribution >= 4 is 29.9 Å². The van der Waals surface area contributed by atoms with E-state index in [0.29, 0.717) is 31.4 Å². The van der Waals surface area contributed by atoms with E-state index in [0.717, 1.165) is 23.2 Å². The van der Waals surface area contributed by atoms with E-state index in [1.807, 2.05) is 18.2 Å². The number of pyridine rings is 1. The molecule has 0 saturated carbocycles.